The summed E-state index contributed by atoms with van der Waals surface area (Å²) in [5, 5.41) is 9.08. The number of benzene rings is 1. The van der Waals surface area contributed by atoms with Gasteiger partial charge < -0.3 is 10.0 Å². The lowest BCUT2D eigenvalue weighted by atomic mass is 10.1. The zero-order valence-electron chi connectivity index (χ0n) is 12.4. The van der Waals surface area contributed by atoms with Gasteiger partial charge in [0.15, 0.2) is 0 Å². The number of aliphatic hydroxyl groups is 1. The van der Waals surface area contributed by atoms with Crippen LogP contribution in [0.4, 0.5) is 4.39 Å². The van der Waals surface area contributed by atoms with Crippen LogP contribution in [-0.2, 0) is 16.6 Å². The number of hydrogen-bond acceptors (Lipinski definition) is 4. The van der Waals surface area contributed by atoms with Crippen molar-refractivity contribution in [3.05, 3.63) is 28.0 Å². The Kier molecular flexibility index (Phi) is 5.91. The van der Waals surface area contributed by atoms with Gasteiger partial charge in [-0.2, -0.15) is 0 Å². The average molecular weight is 383 g/mol. The van der Waals surface area contributed by atoms with Crippen LogP contribution in [0, 0.1) is 5.82 Å². The smallest absolute Gasteiger partial charge is 0.243 e. The molecule has 0 aliphatic carbocycles. The van der Waals surface area contributed by atoms with E-state index in [1.165, 1.54) is 12.1 Å². The van der Waals surface area contributed by atoms with Crippen molar-refractivity contribution in [2.75, 3.05) is 20.6 Å². The summed E-state index contributed by atoms with van der Waals surface area (Å²) in [5.74, 6) is -0.934. The van der Waals surface area contributed by atoms with Crippen molar-refractivity contribution in [1.29, 1.82) is 0 Å². The van der Waals surface area contributed by atoms with Crippen molar-refractivity contribution in [3.63, 3.8) is 0 Å². The first-order chi connectivity index (χ1) is 9.51. The van der Waals surface area contributed by atoms with E-state index in [0.29, 0.717) is 4.47 Å². The Hall–Kier alpha value is -0.540. The fourth-order valence-electron chi connectivity index (χ4n) is 1.44. The first-order valence-corrected chi connectivity index (χ1v) is 8.55. The molecule has 0 aromatic heterocycles. The van der Waals surface area contributed by atoms with Crippen LogP contribution < -0.4 is 4.72 Å². The molecular weight excluding hydrogens is 363 g/mol. The van der Waals surface area contributed by atoms with Crippen LogP contribution in [-0.4, -0.2) is 44.6 Å². The van der Waals surface area contributed by atoms with Gasteiger partial charge in [0.25, 0.3) is 0 Å². The number of nitrogens with zero attached hydrogens (tertiary/aromatic N) is 1. The molecule has 1 rings (SSSR count). The molecule has 8 heteroatoms. The first-order valence-electron chi connectivity index (χ1n) is 6.27. The summed E-state index contributed by atoms with van der Waals surface area (Å²) in [7, 11) is -0.343. The van der Waals surface area contributed by atoms with E-state index in [2.05, 4.69) is 20.7 Å². The minimum absolute atomic E-state index is 0.0726. The molecule has 0 aliphatic heterocycles. The SMILES string of the molecule is CN(C)C(C)(C)CNS(=O)(=O)c1cc(Br)cc(CO)c1F. The van der Waals surface area contributed by atoms with Gasteiger partial charge in [-0.25, -0.2) is 17.5 Å². The molecular formula is C13H20BrFN2O3S. The second kappa shape index (κ2) is 6.70. The predicted octanol–water partition coefficient (Wildman–Crippen LogP) is 1.70. The number of hydrogen-bond donors (Lipinski definition) is 2. The van der Waals surface area contributed by atoms with Crippen molar-refractivity contribution in [3.8, 4) is 0 Å². The van der Waals surface area contributed by atoms with Crippen molar-refractivity contribution >= 4 is 26.0 Å². The molecule has 0 fully saturated rings. The predicted molar refractivity (Wildman–Crippen MR) is 83.0 cm³/mol. The minimum Gasteiger partial charge on any atom is -0.392 e. The number of rotatable bonds is 6. The van der Waals surface area contributed by atoms with E-state index in [1.807, 2.05) is 32.8 Å². The number of aliphatic hydroxyl groups excluding tert-OH is 1. The molecule has 1 aromatic carbocycles. The lowest BCUT2D eigenvalue weighted by molar-refractivity contribution is 0.198. The molecule has 0 saturated carbocycles. The summed E-state index contributed by atoms with van der Waals surface area (Å²) in [6.45, 7) is 3.29. The standard InChI is InChI=1S/C13H20BrFN2O3S/c1-13(2,17(3)4)8-16-21(19,20)11-6-10(14)5-9(7-18)12(11)15/h5-6,16,18H,7-8H2,1-4H3. The Labute approximate surface area is 133 Å². The van der Waals surface area contributed by atoms with Gasteiger partial charge in [-0.1, -0.05) is 15.9 Å². The van der Waals surface area contributed by atoms with Crippen LogP contribution >= 0.6 is 15.9 Å². The van der Waals surface area contributed by atoms with Gasteiger partial charge in [0.2, 0.25) is 10.0 Å². The van der Waals surface area contributed by atoms with Gasteiger partial charge in [-0.15, -0.1) is 0 Å². The third kappa shape index (κ3) is 4.46. The number of likely N-dealkylation sites (N-methyl/N-ethyl adjacent to an activating group) is 1. The van der Waals surface area contributed by atoms with E-state index in [0.717, 1.165) is 0 Å². The third-order valence-electron chi connectivity index (χ3n) is 3.44. The molecule has 1 aromatic rings. The minimum atomic E-state index is -4.01. The highest BCUT2D eigenvalue weighted by Crippen LogP contribution is 2.24. The van der Waals surface area contributed by atoms with Gasteiger partial charge in [-0.05, 0) is 40.1 Å². The van der Waals surface area contributed by atoms with Gasteiger partial charge in [0.1, 0.15) is 10.7 Å². The summed E-state index contributed by atoms with van der Waals surface area (Å²) in [4.78, 5) is 1.39. The maximum absolute atomic E-state index is 14.1. The lowest BCUT2D eigenvalue weighted by Gasteiger charge is -2.32. The lowest BCUT2D eigenvalue weighted by Crippen LogP contribution is -2.48. The average Bonchev–Trinajstić information content (AvgIpc) is 2.38. The van der Waals surface area contributed by atoms with Crippen LogP contribution in [0.2, 0.25) is 0 Å². The third-order valence-corrected chi connectivity index (χ3v) is 5.30. The van der Waals surface area contributed by atoms with Crippen molar-refractivity contribution in [2.45, 2.75) is 30.9 Å². The fraction of sp³-hybridized carbons (Fsp3) is 0.538. The molecule has 0 aliphatic rings. The quantitative estimate of drug-likeness (QED) is 0.785. The molecule has 21 heavy (non-hydrogen) atoms. The van der Waals surface area contributed by atoms with Crippen LogP contribution in [0.3, 0.4) is 0 Å². The van der Waals surface area contributed by atoms with Gasteiger partial charge in [0, 0.05) is 22.1 Å². The summed E-state index contributed by atoms with van der Waals surface area (Å²) >= 11 is 3.12. The van der Waals surface area contributed by atoms with E-state index < -0.39 is 32.9 Å². The Bertz CT molecular complexity index is 618. The van der Waals surface area contributed by atoms with E-state index in [-0.39, 0.29) is 12.1 Å². The molecule has 0 bridgehead atoms. The zero-order chi connectivity index (χ0) is 16.4. The molecule has 0 radical (unpaired) electrons. The molecule has 0 saturated heterocycles. The van der Waals surface area contributed by atoms with Crippen molar-refractivity contribution in [2.24, 2.45) is 0 Å². The van der Waals surface area contributed by atoms with E-state index in [1.54, 1.807) is 0 Å². The Morgan fingerprint density at radius 1 is 1.38 bits per heavy atom. The molecule has 5 nitrogen and oxygen atoms in total. The maximum Gasteiger partial charge on any atom is 0.243 e. The largest absolute Gasteiger partial charge is 0.392 e. The fourth-order valence-corrected chi connectivity index (χ4v) is 3.44. The summed E-state index contributed by atoms with van der Waals surface area (Å²) in [6, 6.07) is 2.53. The topological polar surface area (TPSA) is 69.6 Å². The molecule has 120 valence electrons. The molecule has 0 amide bonds. The highest BCUT2D eigenvalue weighted by Gasteiger charge is 2.27. The maximum atomic E-state index is 14.1. The summed E-state index contributed by atoms with van der Waals surface area (Å²) in [6.07, 6.45) is 0. The molecule has 0 unspecified atom stereocenters. The van der Waals surface area contributed by atoms with Crippen LogP contribution in [0.5, 0.6) is 0 Å². The second-order valence-corrected chi connectivity index (χ2v) is 8.22. The number of sulfonamides is 1. The Balaban J connectivity index is 3.12. The second-order valence-electron chi connectivity index (χ2n) is 5.57. The highest BCUT2D eigenvalue weighted by molar-refractivity contribution is 9.10. The van der Waals surface area contributed by atoms with Gasteiger partial charge >= 0.3 is 0 Å². The monoisotopic (exact) mass is 382 g/mol. The zero-order valence-corrected chi connectivity index (χ0v) is 14.8. The van der Waals surface area contributed by atoms with Gasteiger partial charge in [-0.3, -0.25) is 0 Å². The van der Waals surface area contributed by atoms with E-state index >= 15 is 0 Å². The number of nitrogens with one attached hydrogen (secondary N) is 1. The van der Waals surface area contributed by atoms with Crippen LogP contribution in [0.25, 0.3) is 0 Å². The Morgan fingerprint density at radius 2 is 1.95 bits per heavy atom. The van der Waals surface area contributed by atoms with E-state index in [9.17, 15) is 12.8 Å². The van der Waals surface area contributed by atoms with Crippen LogP contribution in [0.1, 0.15) is 19.4 Å². The summed E-state index contributed by atoms with van der Waals surface area (Å²) < 4.78 is 41.5. The Morgan fingerprint density at radius 3 is 2.43 bits per heavy atom. The van der Waals surface area contributed by atoms with Crippen LogP contribution in [0.15, 0.2) is 21.5 Å². The molecule has 0 heterocycles. The normalized spacial score (nSPS) is 13.0. The highest BCUT2D eigenvalue weighted by atomic mass is 79.9. The van der Waals surface area contributed by atoms with E-state index in [4.69, 9.17) is 5.11 Å². The summed E-state index contributed by atoms with van der Waals surface area (Å²) in [5.41, 5.74) is -0.494. The molecule has 0 atom stereocenters. The molecule has 0 spiro atoms. The first kappa shape index (κ1) is 18.5. The number of halogens is 2. The van der Waals surface area contributed by atoms with Gasteiger partial charge in [0.05, 0.1) is 6.61 Å². The van der Waals surface area contributed by atoms with Crippen molar-refractivity contribution in [1.82, 2.24) is 9.62 Å². The molecule has 2 N–H and O–H groups in total. The van der Waals surface area contributed by atoms with Crippen molar-refractivity contribution < 1.29 is 17.9 Å².